The van der Waals surface area contributed by atoms with Crippen molar-refractivity contribution in [1.82, 2.24) is 10.2 Å². The Hall–Kier alpha value is -1.06. The maximum atomic E-state index is 12.6. The van der Waals surface area contributed by atoms with Crippen LogP contribution in [0, 0.1) is 10.8 Å². The van der Waals surface area contributed by atoms with Gasteiger partial charge in [0.25, 0.3) is 0 Å². The Bertz CT molecular complexity index is 475. The first-order valence-electron chi connectivity index (χ1n) is 10.3. The summed E-state index contributed by atoms with van der Waals surface area (Å²) in [7, 11) is 0. The van der Waals surface area contributed by atoms with Crippen LogP contribution in [0.4, 0.5) is 0 Å². The second kappa shape index (κ2) is 8.55. The van der Waals surface area contributed by atoms with E-state index < -0.39 is 0 Å². The van der Waals surface area contributed by atoms with Gasteiger partial charge in [-0.25, -0.2) is 0 Å². The minimum Gasteiger partial charge on any atom is -0.347 e. The third kappa shape index (κ3) is 6.00. The summed E-state index contributed by atoms with van der Waals surface area (Å²) in [5, 5.41) is 2.84. The van der Waals surface area contributed by atoms with Crippen molar-refractivity contribution in [3.8, 4) is 0 Å². The van der Waals surface area contributed by atoms with Gasteiger partial charge in [-0.2, -0.15) is 0 Å². The van der Waals surface area contributed by atoms with Crippen molar-refractivity contribution in [2.24, 2.45) is 10.8 Å². The molecule has 4 heteroatoms. The Morgan fingerprint density at radius 1 is 1.04 bits per heavy atom. The lowest BCUT2D eigenvalue weighted by atomic mass is 9.65. The molecular weight excluding hydrogens is 312 g/mol. The van der Waals surface area contributed by atoms with Crippen LogP contribution in [0.1, 0.15) is 91.9 Å². The smallest absolute Gasteiger partial charge is 0.242 e. The fourth-order valence-corrected chi connectivity index (χ4v) is 5.18. The van der Waals surface area contributed by atoms with Crippen molar-refractivity contribution in [2.45, 2.75) is 97.9 Å². The summed E-state index contributed by atoms with van der Waals surface area (Å²) < 4.78 is 0. The summed E-state index contributed by atoms with van der Waals surface area (Å²) in [4.78, 5) is 26.6. The lowest BCUT2D eigenvalue weighted by Crippen LogP contribution is -2.43. The van der Waals surface area contributed by atoms with Crippen molar-refractivity contribution in [2.75, 3.05) is 13.1 Å². The van der Waals surface area contributed by atoms with Gasteiger partial charge in [0.05, 0.1) is 6.54 Å². The molecule has 4 nitrogen and oxygen atoms in total. The molecule has 0 aromatic heterocycles. The number of fused-ring (bicyclic) bond motifs is 2. The number of nitrogens with one attached hydrogen (secondary N) is 1. The van der Waals surface area contributed by atoms with E-state index in [9.17, 15) is 9.59 Å². The van der Waals surface area contributed by atoms with Crippen molar-refractivity contribution in [3.63, 3.8) is 0 Å². The summed E-state index contributed by atoms with van der Waals surface area (Å²) in [6, 6.07) is 0.358. The summed E-state index contributed by atoms with van der Waals surface area (Å²) in [5.41, 5.74) is 0.568. The molecule has 25 heavy (non-hydrogen) atoms. The highest BCUT2D eigenvalue weighted by atomic mass is 16.2. The molecule has 1 saturated heterocycles. The van der Waals surface area contributed by atoms with Crippen LogP contribution in [0.5, 0.6) is 0 Å². The fraction of sp³-hybridized carbons (Fsp3) is 0.905. The van der Waals surface area contributed by atoms with Crippen molar-refractivity contribution in [3.05, 3.63) is 0 Å². The maximum Gasteiger partial charge on any atom is 0.242 e. The second-order valence-corrected chi connectivity index (χ2v) is 9.53. The van der Waals surface area contributed by atoms with Crippen LogP contribution in [0.3, 0.4) is 0 Å². The van der Waals surface area contributed by atoms with Crippen LogP contribution in [0.25, 0.3) is 0 Å². The molecule has 1 heterocycles. The number of amides is 2. The summed E-state index contributed by atoms with van der Waals surface area (Å²) in [5.74, 6) is 0.125. The van der Waals surface area contributed by atoms with Gasteiger partial charge in [-0.3, -0.25) is 9.59 Å². The first-order valence-corrected chi connectivity index (χ1v) is 10.3. The molecule has 0 aromatic rings. The predicted octanol–water partition coefficient (Wildman–Crippen LogP) is 4.28. The van der Waals surface area contributed by atoms with Gasteiger partial charge < -0.3 is 10.2 Å². The van der Waals surface area contributed by atoms with Gasteiger partial charge in [0, 0.05) is 19.0 Å². The number of likely N-dealkylation sites (tertiary alicyclic amines) is 1. The van der Waals surface area contributed by atoms with E-state index in [1.807, 2.05) is 4.90 Å². The average Bonchev–Trinajstić information content (AvgIpc) is 2.77. The highest BCUT2D eigenvalue weighted by molar-refractivity contribution is 5.85. The topological polar surface area (TPSA) is 49.4 Å². The third-order valence-electron chi connectivity index (χ3n) is 5.93. The largest absolute Gasteiger partial charge is 0.347 e. The zero-order valence-electron chi connectivity index (χ0n) is 16.8. The maximum absolute atomic E-state index is 12.6. The van der Waals surface area contributed by atoms with Gasteiger partial charge in [0.2, 0.25) is 11.8 Å². The first-order chi connectivity index (χ1) is 11.7. The van der Waals surface area contributed by atoms with Gasteiger partial charge in [-0.15, -0.1) is 0 Å². The highest BCUT2D eigenvalue weighted by Gasteiger charge is 2.50. The molecule has 1 aliphatic carbocycles. The Morgan fingerprint density at radius 2 is 1.72 bits per heavy atom. The molecule has 2 unspecified atom stereocenters. The molecule has 2 rings (SSSR count). The van der Waals surface area contributed by atoms with E-state index in [1.165, 1.54) is 32.1 Å². The molecule has 0 radical (unpaired) electrons. The minimum atomic E-state index is 0.0255. The van der Waals surface area contributed by atoms with Crippen LogP contribution in [-0.2, 0) is 9.59 Å². The monoisotopic (exact) mass is 350 g/mol. The zero-order chi connectivity index (χ0) is 18.5. The molecule has 2 bridgehead atoms. The van der Waals surface area contributed by atoms with Crippen LogP contribution >= 0.6 is 0 Å². The Morgan fingerprint density at radius 3 is 2.44 bits per heavy atom. The Kier molecular flexibility index (Phi) is 6.93. The molecule has 2 atom stereocenters. The van der Waals surface area contributed by atoms with Gasteiger partial charge in [0.15, 0.2) is 0 Å². The van der Waals surface area contributed by atoms with Crippen molar-refractivity contribution >= 4 is 11.8 Å². The highest BCUT2D eigenvalue weighted by Crippen LogP contribution is 2.52. The number of rotatable bonds is 9. The molecule has 144 valence electrons. The number of nitrogens with zero attached hydrogens (tertiary/aromatic N) is 1. The van der Waals surface area contributed by atoms with E-state index in [4.69, 9.17) is 0 Å². The number of carbonyl (C=O) groups excluding carboxylic acids is 2. The van der Waals surface area contributed by atoms with Gasteiger partial charge >= 0.3 is 0 Å². The molecule has 2 fully saturated rings. The van der Waals surface area contributed by atoms with E-state index in [-0.39, 0.29) is 23.8 Å². The first kappa shape index (κ1) is 20.3. The van der Waals surface area contributed by atoms with Gasteiger partial charge in [-0.05, 0) is 36.5 Å². The van der Waals surface area contributed by atoms with Crippen LogP contribution in [0.15, 0.2) is 0 Å². The van der Waals surface area contributed by atoms with E-state index in [0.717, 1.165) is 32.2 Å². The molecular formula is C21H38N2O2. The van der Waals surface area contributed by atoms with E-state index >= 15 is 0 Å². The zero-order valence-corrected chi connectivity index (χ0v) is 16.8. The second-order valence-electron chi connectivity index (χ2n) is 9.53. The molecule has 0 spiro atoms. The molecule has 1 aliphatic heterocycles. The molecule has 2 amide bonds. The number of hydrogen-bond donors (Lipinski definition) is 1. The molecule has 2 aliphatic rings. The number of hydrogen-bond acceptors (Lipinski definition) is 2. The summed E-state index contributed by atoms with van der Waals surface area (Å²) in [6.45, 7) is 10.2. The van der Waals surface area contributed by atoms with Gasteiger partial charge in [-0.1, -0.05) is 59.8 Å². The standard InChI is InChI=1S/C21H38N2O2/c1-5-6-7-8-9-10-11-18(24)22-14-19(25)23-16-21(4)13-17(23)12-20(2,3)15-21/h17H,5-16H2,1-4H3,(H,22,24). The lowest BCUT2D eigenvalue weighted by Gasteiger charge is -2.39. The van der Waals surface area contributed by atoms with Crippen molar-refractivity contribution in [1.29, 1.82) is 0 Å². The Labute approximate surface area is 154 Å². The van der Waals surface area contributed by atoms with Gasteiger partial charge in [0.1, 0.15) is 0 Å². The lowest BCUT2D eigenvalue weighted by molar-refractivity contribution is -0.133. The molecule has 1 saturated carbocycles. The molecule has 0 aromatic carbocycles. The van der Waals surface area contributed by atoms with E-state index in [2.05, 4.69) is 33.0 Å². The number of carbonyl (C=O) groups is 2. The Balaban J connectivity index is 1.68. The van der Waals surface area contributed by atoms with Crippen molar-refractivity contribution < 1.29 is 9.59 Å². The average molecular weight is 351 g/mol. The van der Waals surface area contributed by atoms with Crippen LogP contribution in [-0.4, -0.2) is 35.8 Å². The number of unbranched alkanes of at least 4 members (excludes halogenated alkanes) is 5. The SMILES string of the molecule is CCCCCCCCC(=O)NCC(=O)N1CC2(C)CC1CC(C)(C)C2. The van der Waals surface area contributed by atoms with E-state index in [1.54, 1.807) is 0 Å². The summed E-state index contributed by atoms with van der Waals surface area (Å²) >= 11 is 0. The van der Waals surface area contributed by atoms with Crippen LogP contribution in [0.2, 0.25) is 0 Å². The third-order valence-corrected chi connectivity index (χ3v) is 5.93. The summed E-state index contributed by atoms with van der Waals surface area (Å²) in [6.07, 6.45) is 11.0. The molecule has 1 N–H and O–H groups in total. The predicted molar refractivity (Wildman–Crippen MR) is 102 cm³/mol. The normalized spacial score (nSPS) is 27.4. The minimum absolute atomic E-state index is 0.0255. The van der Waals surface area contributed by atoms with Crippen LogP contribution < -0.4 is 5.32 Å². The quantitative estimate of drug-likeness (QED) is 0.631. The van der Waals surface area contributed by atoms with E-state index in [0.29, 0.717) is 17.9 Å². The fourth-order valence-electron chi connectivity index (χ4n) is 5.18.